The highest BCUT2D eigenvalue weighted by atomic mass is 35.5. The Balaban J connectivity index is 0.00000280. The van der Waals surface area contributed by atoms with Crippen molar-refractivity contribution in [3.05, 3.63) is 53.1 Å². The Bertz CT molecular complexity index is 883. The van der Waals surface area contributed by atoms with Crippen molar-refractivity contribution in [3.8, 4) is 5.75 Å². The molecule has 1 aliphatic heterocycles. The monoisotopic (exact) mass is 424 g/mol. The van der Waals surface area contributed by atoms with Crippen LogP contribution in [0.1, 0.15) is 36.5 Å². The van der Waals surface area contributed by atoms with Crippen LogP contribution in [0.5, 0.6) is 5.75 Å². The zero-order valence-corrected chi connectivity index (χ0v) is 18.1. The summed E-state index contributed by atoms with van der Waals surface area (Å²) >= 11 is 0. The Kier molecular flexibility index (Phi) is 8.16. The number of hydrogen-bond donors (Lipinski definition) is 2. The summed E-state index contributed by atoms with van der Waals surface area (Å²) in [6.07, 6.45) is 4.97. The normalized spacial score (nSPS) is 13.8. The van der Waals surface area contributed by atoms with Crippen LogP contribution < -0.4 is 14.8 Å². The number of aryl methyl sites for hydroxylation is 1. The molecule has 7 heteroatoms. The van der Waals surface area contributed by atoms with Gasteiger partial charge in [-0.05, 0) is 79.7 Å². The van der Waals surface area contributed by atoms with E-state index >= 15 is 0 Å². The van der Waals surface area contributed by atoms with Gasteiger partial charge in [-0.2, -0.15) is 0 Å². The van der Waals surface area contributed by atoms with E-state index in [1.54, 1.807) is 6.07 Å². The number of nitrogens with one attached hydrogen (secondary N) is 2. The largest absolute Gasteiger partial charge is 0.495 e. The maximum Gasteiger partial charge on any atom is 0.265 e. The Morgan fingerprint density at radius 1 is 1.07 bits per heavy atom. The number of halogens is 1. The molecule has 0 fully saturated rings. The minimum Gasteiger partial charge on any atom is -0.495 e. The predicted molar refractivity (Wildman–Crippen MR) is 116 cm³/mol. The van der Waals surface area contributed by atoms with Crippen molar-refractivity contribution in [2.24, 2.45) is 0 Å². The molecule has 2 aromatic rings. The molecule has 0 saturated heterocycles. The quantitative estimate of drug-likeness (QED) is 0.706. The molecule has 2 N–H and O–H groups in total. The lowest BCUT2D eigenvalue weighted by Gasteiger charge is -2.15. The van der Waals surface area contributed by atoms with Gasteiger partial charge >= 0.3 is 0 Å². The molecule has 28 heavy (non-hydrogen) atoms. The van der Waals surface area contributed by atoms with Crippen LogP contribution in [0.4, 0.5) is 5.69 Å². The summed E-state index contributed by atoms with van der Waals surface area (Å²) in [6.45, 7) is 3.91. The number of hydrogen-bond acceptors (Lipinski definition) is 4. The van der Waals surface area contributed by atoms with E-state index in [1.165, 1.54) is 12.7 Å². The van der Waals surface area contributed by atoms with Gasteiger partial charge in [0.1, 0.15) is 10.6 Å². The molecule has 0 bridgehead atoms. The second-order valence-corrected chi connectivity index (χ2v) is 8.58. The third-order valence-corrected chi connectivity index (χ3v) is 6.35. The van der Waals surface area contributed by atoms with Crippen molar-refractivity contribution < 1.29 is 13.2 Å². The molecule has 1 heterocycles. The number of benzene rings is 2. The zero-order valence-electron chi connectivity index (χ0n) is 16.5. The van der Waals surface area contributed by atoms with Gasteiger partial charge in [0.05, 0.1) is 7.11 Å². The standard InChI is InChI=1S/C21H28N2O3S.ClH/c1-3-4-5-16-6-8-19(9-7-16)23-27(24,25)21-15-18-11-13-22-12-10-17(18)14-20(21)26-2;/h6-9,14-15,22-23H,3-5,10-13H2,1-2H3;1H. The summed E-state index contributed by atoms with van der Waals surface area (Å²) in [5.74, 6) is 0.391. The first-order chi connectivity index (χ1) is 13.0. The maximum atomic E-state index is 13.0. The molecule has 0 aromatic heterocycles. The topological polar surface area (TPSA) is 67.4 Å². The Morgan fingerprint density at radius 3 is 2.32 bits per heavy atom. The summed E-state index contributed by atoms with van der Waals surface area (Å²) in [5, 5.41) is 3.34. The van der Waals surface area contributed by atoms with Gasteiger partial charge in [-0.25, -0.2) is 8.42 Å². The number of rotatable bonds is 7. The van der Waals surface area contributed by atoms with Crippen molar-refractivity contribution in [1.29, 1.82) is 0 Å². The lowest BCUT2D eigenvalue weighted by Crippen LogP contribution is -2.16. The van der Waals surface area contributed by atoms with Crippen molar-refractivity contribution in [2.75, 3.05) is 24.9 Å². The molecule has 0 unspecified atom stereocenters. The SMILES string of the molecule is CCCCc1ccc(NS(=O)(=O)c2cc3c(cc2OC)CCNCC3)cc1.Cl. The van der Waals surface area contributed by atoms with Crippen LogP contribution >= 0.6 is 12.4 Å². The fourth-order valence-electron chi connectivity index (χ4n) is 3.38. The van der Waals surface area contributed by atoms with Crippen LogP contribution in [-0.2, 0) is 29.3 Å². The fraction of sp³-hybridized carbons (Fsp3) is 0.429. The molecule has 5 nitrogen and oxygen atoms in total. The molecule has 0 saturated carbocycles. The fourth-order valence-corrected chi connectivity index (χ4v) is 4.64. The summed E-state index contributed by atoms with van der Waals surface area (Å²) in [4.78, 5) is 0.195. The van der Waals surface area contributed by atoms with Gasteiger partial charge in [0, 0.05) is 5.69 Å². The smallest absolute Gasteiger partial charge is 0.265 e. The number of anilines is 1. The number of sulfonamides is 1. The van der Waals surface area contributed by atoms with Gasteiger partial charge < -0.3 is 10.1 Å². The van der Waals surface area contributed by atoms with E-state index in [4.69, 9.17) is 4.74 Å². The molecule has 3 rings (SSSR count). The summed E-state index contributed by atoms with van der Waals surface area (Å²) in [5.41, 5.74) is 4.00. The Labute approximate surface area is 174 Å². The second kappa shape index (κ2) is 10.1. The average molecular weight is 425 g/mol. The molecular weight excluding hydrogens is 396 g/mol. The molecule has 0 spiro atoms. The minimum atomic E-state index is -3.73. The molecule has 154 valence electrons. The maximum absolute atomic E-state index is 13.0. The van der Waals surface area contributed by atoms with Gasteiger partial charge in [0.2, 0.25) is 0 Å². The predicted octanol–water partition coefficient (Wildman–Crippen LogP) is 3.95. The van der Waals surface area contributed by atoms with E-state index in [2.05, 4.69) is 17.0 Å². The third kappa shape index (κ3) is 5.40. The van der Waals surface area contributed by atoms with E-state index in [1.807, 2.05) is 30.3 Å². The molecule has 1 aliphatic rings. The second-order valence-electron chi connectivity index (χ2n) is 6.93. The highest BCUT2D eigenvalue weighted by Gasteiger charge is 2.23. The van der Waals surface area contributed by atoms with Crippen molar-refractivity contribution in [3.63, 3.8) is 0 Å². The van der Waals surface area contributed by atoms with Crippen LogP contribution in [0, 0.1) is 0 Å². The van der Waals surface area contributed by atoms with Crippen molar-refractivity contribution in [2.45, 2.75) is 43.9 Å². The van der Waals surface area contributed by atoms with Crippen molar-refractivity contribution >= 4 is 28.1 Å². The third-order valence-electron chi connectivity index (χ3n) is 4.94. The van der Waals surface area contributed by atoms with Gasteiger partial charge in [0.25, 0.3) is 10.0 Å². The highest BCUT2D eigenvalue weighted by molar-refractivity contribution is 7.92. The van der Waals surface area contributed by atoms with Crippen LogP contribution in [0.15, 0.2) is 41.3 Å². The molecular formula is C21H29ClN2O3S. The van der Waals surface area contributed by atoms with Gasteiger partial charge in [0.15, 0.2) is 0 Å². The first kappa shape index (κ1) is 22.5. The number of fused-ring (bicyclic) bond motifs is 1. The van der Waals surface area contributed by atoms with E-state index in [9.17, 15) is 8.42 Å². The van der Waals surface area contributed by atoms with Gasteiger partial charge in [-0.3, -0.25) is 4.72 Å². The van der Waals surface area contributed by atoms with E-state index in [0.717, 1.165) is 56.3 Å². The zero-order chi connectivity index (χ0) is 19.3. The van der Waals surface area contributed by atoms with Gasteiger partial charge in [-0.1, -0.05) is 25.5 Å². The molecule has 0 radical (unpaired) electrons. The lowest BCUT2D eigenvalue weighted by atomic mass is 10.0. The summed E-state index contributed by atoms with van der Waals surface area (Å²) in [7, 11) is -2.21. The first-order valence-electron chi connectivity index (χ1n) is 9.55. The number of unbranched alkanes of at least 4 members (excludes halogenated alkanes) is 1. The molecule has 0 atom stereocenters. The highest BCUT2D eigenvalue weighted by Crippen LogP contribution is 2.30. The first-order valence-corrected chi connectivity index (χ1v) is 11.0. The Hall–Kier alpha value is -1.76. The van der Waals surface area contributed by atoms with Crippen LogP contribution in [-0.4, -0.2) is 28.6 Å². The van der Waals surface area contributed by atoms with Crippen LogP contribution in [0.25, 0.3) is 0 Å². The molecule has 2 aromatic carbocycles. The van der Waals surface area contributed by atoms with Gasteiger partial charge in [-0.15, -0.1) is 12.4 Å². The van der Waals surface area contributed by atoms with Crippen molar-refractivity contribution in [1.82, 2.24) is 5.32 Å². The number of ether oxygens (including phenoxy) is 1. The minimum absolute atomic E-state index is 0. The lowest BCUT2D eigenvalue weighted by molar-refractivity contribution is 0.402. The van der Waals surface area contributed by atoms with Crippen LogP contribution in [0.2, 0.25) is 0 Å². The van der Waals surface area contributed by atoms with E-state index in [-0.39, 0.29) is 17.3 Å². The molecule has 0 aliphatic carbocycles. The van der Waals surface area contributed by atoms with E-state index < -0.39 is 10.0 Å². The van der Waals surface area contributed by atoms with E-state index in [0.29, 0.717) is 11.4 Å². The average Bonchev–Trinajstić information content (AvgIpc) is 2.91. The summed E-state index contributed by atoms with van der Waals surface area (Å²) in [6, 6.07) is 11.2. The summed E-state index contributed by atoms with van der Waals surface area (Å²) < 4.78 is 34.1. The van der Waals surface area contributed by atoms with Crippen LogP contribution in [0.3, 0.4) is 0 Å². The molecule has 0 amide bonds. The Morgan fingerprint density at radius 2 is 1.71 bits per heavy atom. The number of methoxy groups -OCH3 is 1.